The molecule has 2 aliphatic heterocycles. The van der Waals surface area contributed by atoms with Gasteiger partial charge in [-0.15, -0.1) is 0 Å². The molecule has 35 heavy (non-hydrogen) atoms. The molecular weight excluding hydrogens is 458 g/mol. The topological polar surface area (TPSA) is 138 Å². The van der Waals surface area contributed by atoms with E-state index in [2.05, 4.69) is 0 Å². The van der Waals surface area contributed by atoms with E-state index in [0.717, 1.165) is 41.8 Å². The number of aryl methyl sites for hydroxylation is 1. The van der Waals surface area contributed by atoms with Crippen LogP contribution in [0.2, 0.25) is 0 Å². The Bertz CT molecular complexity index is 1230. The zero-order valence-electron chi connectivity index (χ0n) is 19.4. The van der Waals surface area contributed by atoms with E-state index < -0.39 is 35.0 Å². The van der Waals surface area contributed by atoms with E-state index in [0.29, 0.717) is 12.1 Å². The van der Waals surface area contributed by atoms with E-state index in [-0.39, 0.29) is 36.0 Å². The van der Waals surface area contributed by atoms with E-state index in [4.69, 9.17) is 9.47 Å². The number of fused-ring (bicyclic) bond motifs is 1. The summed E-state index contributed by atoms with van der Waals surface area (Å²) in [6.45, 7) is 4.34. The predicted octanol–water partition coefficient (Wildman–Crippen LogP) is 2.60. The molecule has 1 fully saturated rings. The first kappa shape index (κ1) is 24.3. The lowest BCUT2D eigenvalue weighted by Crippen LogP contribution is -2.32. The van der Waals surface area contributed by atoms with Gasteiger partial charge in [0.15, 0.2) is 6.61 Å². The molecule has 0 bridgehead atoms. The molecule has 1 atom stereocenters. The van der Waals surface area contributed by atoms with Crippen LogP contribution in [0.15, 0.2) is 24.3 Å². The van der Waals surface area contributed by atoms with Gasteiger partial charge in [-0.25, -0.2) is 0 Å². The van der Waals surface area contributed by atoms with Gasteiger partial charge in [-0.1, -0.05) is 6.07 Å². The molecule has 0 radical (unpaired) electrons. The van der Waals surface area contributed by atoms with Crippen molar-refractivity contribution in [1.82, 2.24) is 9.47 Å². The maximum atomic E-state index is 12.7. The number of Topliss-reactive ketones (excluding diaryl/α,β-unsaturated/α-hetero) is 1. The quantitative estimate of drug-likeness (QED) is 0.174. The molecule has 1 aromatic heterocycles. The molecule has 0 unspecified atom stereocenters. The summed E-state index contributed by atoms with van der Waals surface area (Å²) in [6, 6.07) is 5.55. The van der Waals surface area contributed by atoms with Gasteiger partial charge in [-0.05, 0) is 38.8 Å². The average Bonchev–Trinajstić information content (AvgIpc) is 3.51. The minimum absolute atomic E-state index is 0.0777. The Kier molecular flexibility index (Phi) is 6.79. The SMILES string of the molecule is Cc1cc(C(=O)COC(=O)CCN2C(=O)c3cccc([N+](=O)[O-])c3C2=O)c(C)n1C[C@H]1CCCO1. The van der Waals surface area contributed by atoms with E-state index >= 15 is 0 Å². The van der Waals surface area contributed by atoms with Gasteiger partial charge in [0.05, 0.1) is 23.0 Å². The van der Waals surface area contributed by atoms with Gasteiger partial charge in [0.25, 0.3) is 17.5 Å². The Morgan fingerprint density at radius 3 is 2.69 bits per heavy atom. The van der Waals surface area contributed by atoms with Crippen LogP contribution in [0.1, 0.15) is 61.7 Å². The number of carbonyl (C=O) groups excluding carboxylic acids is 4. The van der Waals surface area contributed by atoms with Crippen molar-refractivity contribution in [3.8, 4) is 0 Å². The number of hydrogen-bond acceptors (Lipinski definition) is 8. The fraction of sp³-hybridized carbons (Fsp3) is 0.417. The highest BCUT2D eigenvalue weighted by Gasteiger charge is 2.40. The number of imide groups is 1. The summed E-state index contributed by atoms with van der Waals surface area (Å²) in [5.41, 5.74) is 1.31. The zero-order valence-corrected chi connectivity index (χ0v) is 19.4. The zero-order chi connectivity index (χ0) is 25.3. The molecule has 0 aliphatic carbocycles. The van der Waals surface area contributed by atoms with Crippen molar-refractivity contribution in [2.75, 3.05) is 19.8 Å². The Hall–Kier alpha value is -3.86. The molecule has 2 aliphatic rings. The van der Waals surface area contributed by atoms with Crippen LogP contribution < -0.4 is 0 Å². The fourth-order valence-corrected chi connectivity index (χ4v) is 4.53. The first-order valence-electron chi connectivity index (χ1n) is 11.3. The number of rotatable bonds is 9. The number of esters is 1. The number of benzene rings is 1. The van der Waals surface area contributed by atoms with Crippen molar-refractivity contribution < 1.29 is 33.6 Å². The Morgan fingerprint density at radius 2 is 2.00 bits per heavy atom. The number of ether oxygens (including phenoxy) is 2. The average molecular weight is 483 g/mol. The van der Waals surface area contributed by atoms with Crippen LogP contribution in [-0.2, 0) is 20.8 Å². The molecule has 0 saturated carbocycles. The van der Waals surface area contributed by atoms with Crippen molar-refractivity contribution in [3.63, 3.8) is 0 Å². The predicted molar refractivity (Wildman–Crippen MR) is 121 cm³/mol. The molecule has 11 heteroatoms. The monoisotopic (exact) mass is 483 g/mol. The molecule has 2 aromatic rings. The molecule has 4 rings (SSSR count). The third-order valence-corrected chi connectivity index (χ3v) is 6.36. The van der Waals surface area contributed by atoms with Gasteiger partial charge >= 0.3 is 5.97 Å². The normalized spacial score (nSPS) is 17.1. The van der Waals surface area contributed by atoms with Crippen LogP contribution in [-0.4, -0.2) is 63.8 Å². The highest BCUT2D eigenvalue weighted by atomic mass is 16.6. The number of carbonyl (C=O) groups is 4. The molecule has 1 aromatic carbocycles. The molecular formula is C24H25N3O8. The number of amides is 2. The number of nitrogens with zero attached hydrogens (tertiary/aromatic N) is 3. The first-order valence-corrected chi connectivity index (χ1v) is 11.3. The van der Waals surface area contributed by atoms with Crippen LogP contribution in [0.25, 0.3) is 0 Å². The van der Waals surface area contributed by atoms with Gasteiger partial charge in [0.1, 0.15) is 5.56 Å². The third kappa shape index (κ3) is 4.72. The van der Waals surface area contributed by atoms with Crippen molar-refractivity contribution in [1.29, 1.82) is 0 Å². The van der Waals surface area contributed by atoms with Crippen molar-refractivity contribution in [3.05, 3.63) is 62.5 Å². The number of nitro groups is 1. The van der Waals surface area contributed by atoms with Gasteiger partial charge in [0, 0.05) is 42.7 Å². The molecule has 0 N–H and O–H groups in total. The lowest BCUT2D eigenvalue weighted by atomic mass is 10.1. The Labute approximate surface area is 200 Å². The maximum Gasteiger partial charge on any atom is 0.308 e. The van der Waals surface area contributed by atoms with Crippen LogP contribution in [0.3, 0.4) is 0 Å². The lowest BCUT2D eigenvalue weighted by molar-refractivity contribution is -0.385. The van der Waals surface area contributed by atoms with E-state index in [1.165, 1.54) is 12.1 Å². The van der Waals surface area contributed by atoms with Gasteiger partial charge < -0.3 is 14.0 Å². The van der Waals surface area contributed by atoms with Crippen LogP contribution >= 0.6 is 0 Å². The summed E-state index contributed by atoms with van der Waals surface area (Å²) in [7, 11) is 0. The standard InChI is InChI=1S/C24H25N3O8/c1-14-11-18(15(2)26(14)12-16-5-4-10-34-16)20(28)13-35-21(29)8-9-25-23(30)17-6-3-7-19(27(32)33)22(17)24(25)31/h3,6-7,11,16H,4-5,8-10,12-13H2,1-2H3/t16-/m1/s1. The minimum Gasteiger partial charge on any atom is -0.457 e. The van der Waals surface area contributed by atoms with Gasteiger partial charge in [0.2, 0.25) is 5.78 Å². The van der Waals surface area contributed by atoms with Gasteiger partial charge in [-0.3, -0.25) is 34.2 Å². The fourth-order valence-electron chi connectivity index (χ4n) is 4.53. The van der Waals surface area contributed by atoms with Gasteiger partial charge in [-0.2, -0.15) is 0 Å². The third-order valence-electron chi connectivity index (χ3n) is 6.36. The number of hydrogen-bond donors (Lipinski definition) is 0. The maximum absolute atomic E-state index is 12.7. The second kappa shape index (κ2) is 9.79. The summed E-state index contributed by atoms with van der Waals surface area (Å²) in [6.07, 6.45) is 1.76. The molecule has 3 heterocycles. The Morgan fingerprint density at radius 1 is 1.23 bits per heavy atom. The van der Waals surface area contributed by atoms with E-state index in [1.807, 2.05) is 18.4 Å². The van der Waals surface area contributed by atoms with E-state index in [1.54, 1.807) is 6.07 Å². The van der Waals surface area contributed by atoms with Crippen LogP contribution in [0.5, 0.6) is 0 Å². The highest BCUT2D eigenvalue weighted by molar-refractivity contribution is 6.23. The molecule has 1 saturated heterocycles. The van der Waals surface area contributed by atoms with Crippen molar-refractivity contribution >= 4 is 29.3 Å². The molecule has 11 nitrogen and oxygen atoms in total. The summed E-state index contributed by atoms with van der Waals surface area (Å²) in [5.74, 6) is -2.67. The Balaban J connectivity index is 1.33. The van der Waals surface area contributed by atoms with Crippen LogP contribution in [0, 0.1) is 24.0 Å². The number of nitro benzene ring substituents is 1. The first-order chi connectivity index (χ1) is 16.7. The minimum atomic E-state index is -0.833. The summed E-state index contributed by atoms with van der Waals surface area (Å²) in [5, 5.41) is 11.2. The smallest absolute Gasteiger partial charge is 0.308 e. The van der Waals surface area contributed by atoms with Crippen molar-refractivity contribution in [2.24, 2.45) is 0 Å². The second-order valence-corrected chi connectivity index (χ2v) is 8.58. The molecule has 184 valence electrons. The van der Waals surface area contributed by atoms with Crippen molar-refractivity contribution in [2.45, 2.75) is 45.8 Å². The largest absolute Gasteiger partial charge is 0.457 e. The summed E-state index contributed by atoms with van der Waals surface area (Å²) >= 11 is 0. The van der Waals surface area contributed by atoms with E-state index in [9.17, 15) is 29.3 Å². The molecule has 0 spiro atoms. The van der Waals surface area contributed by atoms with Crippen LogP contribution in [0.4, 0.5) is 5.69 Å². The highest BCUT2D eigenvalue weighted by Crippen LogP contribution is 2.30. The molecule has 2 amide bonds. The second-order valence-electron chi connectivity index (χ2n) is 8.58. The number of ketones is 1. The lowest BCUT2D eigenvalue weighted by Gasteiger charge is -2.15. The number of aromatic nitrogens is 1. The summed E-state index contributed by atoms with van der Waals surface area (Å²) in [4.78, 5) is 61.2. The summed E-state index contributed by atoms with van der Waals surface area (Å²) < 4.78 is 12.8.